The molecule has 6 heteroatoms. The summed E-state index contributed by atoms with van der Waals surface area (Å²) in [6, 6.07) is 0.600. The van der Waals surface area contributed by atoms with Crippen LogP contribution in [-0.2, 0) is 0 Å². The highest BCUT2D eigenvalue weighted by molar-refractivity contribution is 7.99. The van der Waals surface area contributed by atoms with Gasteiger partial charge >= 0.3 is 5.69 Å². The molecular weight excluding hydrogens is 260 g/mol. The summed E-state index contributed by atoms with van der Waals surface area (Å²) >= 11 is 1.71. The van der Waals surface area contributed by atoms with Crippen molar-refractivity contribution in [2.45, 2.75) is 73.9 Å². The number of hydrogen-bond acceptors (Lipinski definition) is 4. The monoisotopic (exact) mass is 282 g/mol. The Kier molecular flexibility index (Phi) is 3.98. The van der Waals surface area contributed by atoms with Crippen LogP contribution in [0, 0.1) is 0 Å². The molecule has 2 saturated carbocycles. The maximum atomic E-state index is 11.8. The van der Waals surface area contributed by atoms with Gasteiger partial charge in [0.2, 0.25) is 0 Å². The van der Waals surface area contributed by atoms with Crippen molar-refractivity contribution in [2.24, 2.45) is 5.73 Å². The minimum atomic E-state index is -0.0654. The number of nitrogens with two attached hydrogens (primary N) is 1. The molecular formula is C13H22N4OS. The van der Waals surface area contributed by atoms with Gasteiger partial charge < -0.3 is 5.73 Å². The topological polar surface area (TPSA) is 76.7 Å². The quantitative estimate of drug-likeness (QED) is 0.889. The Bertz CT molecular complexity index is 479. The molecule has 2 atom stereocenters. The van der Waals surface area contributed by atoms with Crippen LogP contribution in [0.3, 0.4) is 0 Å². The van der Waals surface area contributed by atoms with Crippen LogP contribution in [0.15, 0.2) is 9.95 Å². The Morgan fingerprint density at radius 1 is 1.16 bits per heavy atom. The Balaban J connectivity index is 1.73. The van der Waals surface area contributed by atoms with E-state index in [-0.39, 0.29) is 11.7 Å². The minimum Gasteiger partial charge on any atom is -0.327 e. The van der Waals surface area contributed by atoms with Crippen molar-refractivity contribution in [3.63, 3.8) is 0 Å². The molecule has 3 N–H and O–H groups in total. The molecule has 1 aromatic rings. The van der Waals surface area contributed by atoms with E-state index in [1.54, 1.807) is 11.8 Å². The molecule has 2 aliphatic carbocycles. The van der Waals surface area contributed by atoms with E-state index in [0.29, 0.717) is 11.3 Å². The molecule has 0 radical (unpaired) electrons. The molecule has 0 saturated heterocycles. The van der Waals surface area contributed by atoms with Gasteiger partial charge in [-0.3, -0.25) is 4.57 Å². The lowest BCUT2D eigenvalue weighted by Gasteiger charge is -2.25. The zero-order chi connectivity index (χ0) is 13.2. The van der Waals surface area contributed by atoms with E-state index < -0.39 is 0 Å². The number of H-pyrrole nitrogens is 1. The van der Waals surface area contributed by atoms with Gasteiger partial charge in [0.15, 0.2) is 5.16 Å². The number of thioether (sulfide) groups is 1. The Labute approximate surface area is 117 Å². The van der Waals surface area contributed by atoms with E-state index >= 15 is 0 Å². The van der Waals surface area contributed by atoms with Gasteiger partial charge in [0.05, 0.1) is 0 Å². The second-order valence-corrected chi connectivity index (χ2v) is 6.93. The smallest absolute Gasteiger partial charge is 0.327 e. The highest BCUT2D eigenvalue weighted by Gasteiger charge is 2.30. The molecule has 0 aliphatic heterocycles. The molecule has 106 valence electrons. The lowest BCUT2D eigenvalue weighted by molar-refractivity contribution is 0.462. The second kappa shape index (κ2) is 5.71. The zero-order valence-electron chi connectivity index (χ0n) is 11.2. The lowest BCUT2D eigenvalue weighted by atomic mass is 9.97. The summed E-state index contributed by atoms with van der Waals surface area (Å²) < 4.78 is 1.83. The maximum absolute atomic E-state index is 11.8. The summed E-state index contributed by atoms with van der Waals surface area (Å²) in [5.41, 5.74) is 6.23. The molecule has 0 spiro atoms. The van der Waals surface area contributed by atoms with Crippen LogP contribution < -0.4 is 11.4 Å². The van der Waals surface area contributed by atoms with E-state index in [9.17, 15) is 4.79 Å². The molecule has 3 rings (SSSR count). The van der Waals surface area contributed by atoms with Crippen molar-refractivity contribution < 1.29 is 0 Å². The van der Waals surface area contributed by atoms with Gasteiger partial charge in [-0.15, -0.1) is 5.10 Å². The number of nitrogens with zero attached hydrogens (tertiary/aromatic N) is 2. The van der Waals surface area contributed by atoms with Gasteiger partial charge in [0, 0.05) is 17.3 Å². The SMILES string of the molecule is NC1CCCCCCC1Sc1n[nH]c(=O)n1C1CC1. The first-order chi connectivity index (χ1) is 9.25. The van der Waals surface area contributed by atoms with E-state index in [0.717, 1.165) is 30.8 Å². The third-order valence-electron chi connectivity index (χ3n) is 4.09. The van der Waals surface area contributed by atoms with Crippen LogP contribution in [0.5, 0.6) is 0 Å². The molecule has 2 unspecified atom stereocenters. The zero-order valence-corrected chi connectivity index (χ0v) is 12.0. The number of nitrogens with one attached hydrogen (secondary N) is 1. The van der Waals surface area contributed by atoms with E-state index in [4.69, 9.17) is 5.73 Å². The number of aromatic amines is 1. The normalized spacial score (nSPS) is 28.9. The van der Waals surface area contributed by atoms with Crippen LogP contribution >= 0.6 is 11.8 Å². The lowest BCUT2D eigenvalue weighted by Crippen LogP contribution is -2.33. The Morgan fingerprint density at radius 3 is 2.63 bits per heavy atom. The predicted octanol–water partition coefficient (Wildman–Crippen LogP) is 2.05. The molecule has 2 fully saturated rings. The van der Waals surface area contributed by atoms with Crippen LogP contribution in [0.25, 0.3) is 0 Å². The summed E-state index contributed by atoms with van der Waals surface area (Å²) in [6.07, 6.45) is 9.51. The average molecular weight is 282 g/mol. The van der Waals surface area contributed by atoms with Crippen molar-refractivity contribution in [1.82, 2.24) is 14.8 Å². The van der Waals surface area contributed by atoms with Crippen LogP contribution in [0.1, 0.15) is 57.4 Å². The number of aromatic nitrogens is 3. The fourth-order valence-electron chi connectivity index (χ4n) is 2.79. The second-order valence-electron chi connectivity index (χ2n) is 5.72. The highest BCUT2D eigenvalue weighted by Crippen LogP contribution is 2.38. The first kappa shape index (κ1) is 13.2. The van der Waals surface area contributed by atoms with Crippen LogP contribution in [-0.4, -0.2) is 26.1 Å². The number of hydrogen-bond donors (Lipinski definition) is 2. The summed E-state index contributed by atoms with van der Waals surface area (Å²) in [7, 11) is 0. The summed E-state index contributed by atoms with van der Waals surface area (Å²) in [5.74, 6) is 0. The largest absolute Gasteiger partial charge is 0.344 e. The van der Waals surface area contributed by atoms with E-state index in [1.807, 2.05) is 4.57 Å². The molecule has 2 aliphatic rings. The van der Waals surface area contributed by atoms with Gasteiger partial charge in [-0.05, 0) is 25.7 Å². The third kappa shape index (κ3) is 3.05. The Morgan fingerprint density at radius 2 is 1.89 bits per heavy atom. The Hall–Kier alpha value is -0.750. The molecule has 0 bridgehead atoms. The van der Waals surface area contributed by atoms with Crippen molar-refractivity contribution >= 4 is 11.8 Å². The predicted molar refractivity (Wildman–Crippen MR) is 76.4 cm³/mol. The van der Waals surface area contributed by atoms with Gasteiger partial charge in [-0.2, -0.15) is 0 Å². The van der Waals surface area contributed by atoms with Crippen LogP contribution in [0.2, 0.25) is 0 Å². The first-order valence-electron chi connectivity index (χ1n) is 7.35. The van der Waals surface area contributed by atoms with Crippen molar-refractivity contribution in [1.29, 1.82) is 0 Å². The average Bonchev–Trinajstić information content (AvgIpc) is 3.14. The summed E-state index contributed by atoms with van der Waals surface area (Å²) in [4.78, 5) is 11.8. The van der Waals surface area contributed by atoms with Gasteiger partial charge in [0.25, 0.3) is 0 Å². The van der Waals surface area contributed by atoms with Crippen molar-refractivity contribution in [3.05, 3.63) is 10.5 Å². The van der Waals surface area contributed by atoms with Crippen molar-refractivity contribution in [2.75, 3.05) is 0 Å². The number of rotatable bonds is 3. The van der Waals surface area contributed by atoms with E-state index in [1.165, 1.54) is 25.7 Å². The van der Waals surface area contributed by atoms with Gasteiger partial charge in [-0.1, -0.05) is 37.4 Å². The standard InChI is InChI=1S/C13H22N4OS/c14-10-5-3-1-2-4-6-11(10)19-13-16-15-12(18)17(13)9-7-8-9/h9-11H,1-8,14H2,(H,15,18). The molecule has 0 aromatic carbocycles. The highest BCUT2D eigenvalue weighted by atomic mass is 32.2. The molecule has 1 aromatic heterocycles. The summed E-state index contributed by atoms with van der Waals surface area (Å²) in [6.45, 7) is 0. The van der Waals surface area contributed by atoms with Gasteiger partial charge in [0.1, 0.15) is 0 Å². The van der Waals surface area contributed by atoms with Crippen molar-refractivity contribution in [3.8, 4) is 0 Å². The maximum Gasteiger partial charge on any atom is 0.344 e. The molecule has 19 heavy (non-hydrogen) atoms. The van der Waals surface area contributed by atoms with E-state index in [2.05, 4.69) is 10.2 Å². The van der Waals surface area contributed by atoms with Crippen LogP contribution in [0.4, 0.5) is 0 Å². The molecule has 1 heterocycles. The first-order valence-corrected chi connectivity index (χ1v) is 8.23. The molecule has 5 nitrogen and oxygen atoms in total. The minimum absolute atomic E-state index is 0.0654. The fourth-order valence-corrected chi connectivity index (χ4v) is 4.10. The summed E-state index contributed by atoms with van der Waals surface area (Å²) in [5, 5.41) is 8.02. The third-order valence-corrected chi connectivity index (χ3v) is 5.48. The van der Waals surface area contributed by atoms with Gasteiger partial charge in [-0.25, -0.2) is 9.89 Å². The molecule has 0 amide bonds. The fraction of sp³-hybridized carbons (Fsp3) is 0.846.